The number of hydrogen-bond acceptors (Lipinski definition) is 3. The van der Waals surface area contributed by atoms with Crippen LogP contribution in [0.2, 0.25) is 0 Å². The zero-order valence-corrected chi connectivity index (χ0v) is 8.15. The Balaban J connectivity index is 2.79. The molecule has 1 aromatic carbocycles. The van der Waals surface area contributed by atoms with Crippen LogP contribution >= 0.6 is 11.8 Å². The molecule has 0 bridgehead atoms. The van der Waals surface area contributed by atoms with Crippen molar-refractivity contribution in [1.82, 2.24) is 0 Å². The Morgan fingerprint density at radius 3 is 2.77 bits per heavy atom. The summed E-state index contributed by atoms with van der Waals surface area (Å²) in [5, 5.41) is -0.397. The number of carbonyl (C=O) groups is 1. The monoisotopic (exact) mass is 200 g/mol. The average molecular weight is 200 g/mol. The van der Waals surface area contributed by atoms with Gasteiger partial charge in [-0.1, -0.05) is 0 Å². The van der Waals surface area contributed by atoms with E-state index in [4.69, 9.17) is 0 Å². The smallest absolute Gasteiger partial charge is 0.371 e. The van der Waals surface area contributed by atoms with Crippen LogP contribution in [0.4, 0.5) is 9.18 Å². The number of halogens is 1. The second-order valence-electron chi connectivity index (χ2n) is 2.47. The van der Waals surface area contributed by atoms with Crippen LogP contribution in [-0.4, -0.2) is 12.4 Å². The Labute approximate surface area is 80.1 Å². The second-order valence-corrected chi connectivity index (χ2v) is 3.48. The largest absolute Gasteiger partial charge is 0.461 e. The van der Waals surface area contributed by atoms with Crippen LogP contribution in [0.25, 0.3) is 0 Å². The molecule has 0 radical (unpaired) electrons. The Morgan fingerprint density at radius 2 is 2.23 bits per heavy atom. The number of hydrogen-bond donors (Lipinski definition) is 0. The first-order chi connectivity index (χ1) is 6.13. The Bertz CT molecular complexity index is 325. The van der Waals surface area contributed by atoms with Gasteiger partial charge in [0.1, 0.15) is 5.82 Å². The second kappa shape index (κ2) is 4.28. The average Bonchev–Trinajstić information content (AvgIpc) is 2.11. The highest BCUT2D eigenvalue weighted by Crippen LogP contribution is 2.21. The van der Waals surface area contributed by atoms with Gasteiger partial charge in [-0.05, 0) is 42.4 Å². The first-order valence-corrected chi connectivity index (χ1v) is 4.47. The molecule has 2 nitrogen and oxygen atoms in total. The molecule has 0 heterocycles. The van der Waals surface area contributed by atoms with E-state index in [1.165, 1.54) is 13.2 Å². The van der Waals surface area contributed by atoms with Gasteiger partial charge in [-0.2, -0.15) is 0 Å². The van der Waals surface area contributed by atoms with E-state index in [-0.39, 0.29) is 5.82 Å². The first-order valence-electron chi connectivity index (χ1n) is 3.65. The number of thioether (sulfide) groups is 1. The van der Waals surface area contributed by atoms with Crippen molar-refractivity contribution in [3.05, 3.63) is 29.6 Å². The van der Waals surface area contributed by atoms with E-state index in [0.717, 1.165) is 11.8 Å². The van der Waals surface area contributed by atoms with Gasteiger partial charge in [0.15, 0.2) is 0 Å². The third-order valence-electron chi connectivity index (χ3n) is 1.50. The number of carbonyl (C=O) groups excluding carboxylic acids is 1. The summed E-state index contributed by atoms with van der Waals surface area (Å²) in [6.07, 6.45) is 0. The number of aryl methyl sites for hydroxylation is 1. The molecular formula is C9H9FO2S. The topological polar surface area (TPSA) is 26.3 Å². The fourth-order valence-electron chi connectivity index (χ4n) is 0.819. The van der Waals surface area contributed by atoms with Crippen LogP contribution in [-0.2, 0) is 4.74 Å². The number of methoxy groups -OCH3 is 1. The van der Waals surface area contributed by atoms with E-state index in [9.17, 15) is 9.18 Å². The number of ether oxygens (including phenoxy) is 1. The lowest BCUT2D eigenvalue weighted by Crippen LogP contribution is -1.91. The van der Waals surface area contributed by atoms with Gasteiger partial charge in [0.25, 0.3) is 0 Å². The van der Waals surface area contributed by atoms with Gasteiger partial charge >= 0.3 is 5.30 Å². The lowest BCUT2D eigenvalue weighted by Gasteiger charge is -2.00. The van der Waals surface area contributed by atoms with E-state index < -0.39 is 5.30 Å². The van der Waals surface area contributed by atoms with Gasteiger partial charge in [0.2, 0.25) is 0 Å². The molecule has 0 aliphatic carbocycles. The van der Waals surface area contributed by atoms with Crippen LogP contribution in [0.5, 0.6) is 0 Å². The first kappa shape index (κ1) is 10.1. The Kier molecular flexibility index (Phi) is 3.31. The maximum Gasteiger partial charge on any atom is 0.371 e. The van der Waals surface area contributed by atoms with Crippen molar-refractivity contribution in [2.45, 2.75) is 11.8 Å². The van der Waals surface area contributed by atoms with Crippen molar-refractivity contribution in [2.24, 2.45) is 0 Å². The van der Waals surface area contributed by atoms with Crippen LogP contribution in [0.15, 0.2) is 23.1 Å². The van der Waals surface area contributed by atoms with E-state index in [1.807, 2.05) is 0 Å². The summed E-state index contributed by atoms with van der Waals surface area (Å²) in [5.41, 5.74) is 0.522. The standard InChI is InChI=1S/C9H9FO2S/c1-6-5-7(3-4-8(6)10)13-9(11)12-2/h3-5H,1-2H3. The van der Waals surface area contributed by atoms with Gasteiger partial charge in [-0.15, -0.1) is 0 Å². The van der Waals surface area contributed by atoms with Crippen LogP contribution in [0.3, 0.4) is 0 Å². The fraction of sp³-hybridized carbons (Fsp3) is 0.222. The summed E-state index contributed by atoms with van der Waals surface area (Å²) in [5.74, 6) is -0.269. The van der Waals surface area contributed by atoms with Crippen molar-refractivity contribution >= 4 is 17.1 Å². The van der Waals surface area contributed by atoms with Crippen LogP contribution in [0.1, 0.15) is 5.56 Å². The summed E-state index contributed by atoms with van der Waals surface area (Å²) >= 11 is 0.939. The van der Waals surface area contributed by atoms with E-state index in [1.54, 1.807) is 19.1 Å². The van der Waals surface area contributed by atoms with Crippen molar-refractivity contribution in [3.8, 4) is 0 Å². The summed E-state index contributed by atoms with van der Waals surface area (Å²) in [7, 11) is 1.31. The van der Waals surface area contributed by atoms with Gasteiger partial charge in [-0.25, -0.2) is 9.18 Å². The van der Waals surface area contributed by atoms with Gasteiger partial charge < -0.3 is 4.74 Å². The molecule has 0 aromatic heterocycles. The van der Waals surface area contributed by atoms with Crippen molar-refractivity contribution in [2.75, 3.05) is 7.11 Å². The van der Waals surface area contributed by atoms with Crippen molar-refractivity contribution in [3.63, 3.8) is 0 Å². The minimum absolute atomic E-state index is 0.269. The summed E-state index contributed by atoms with van der Waals surface area (Å²) < 4.78 is 17.2. The van der Waals surface area contributed by atoms with Crippen molar-refractivity contribution in [1.29, 1.82) is 0 Å². The molecule has 0 atom stereocenters. The van der Waals surface area contributed by atoms with E-state index in [2.05, 4.69) is 4.74 Å². The molecule has 1 rings (SSSR count). The molecule has 0 saturated carbocycles. The van der Waals surface area contributed by atoms with Gasteiger partial charge in [0.05, 0.1) is 7.11 Å². The molecule has 0 amide bonds. The zero-order valence-electron chi connectivity index (χ0n) is 7.33. The zero-order chi connectivity index (χ0) is 9.84. The lowest BCUT2D eigenvalue weighted by molar-refractivity contribution is 0.200. The molecule has 0 spiro atoms. The molecule has 0 unspecified atom stereocenters. The molecule has 0 fully saturated rings. The predicted octanol–water partition coefficient (Wildman–Crippen LogP) is 2.99. The highest BCUT2D eigenvalue weighted by Gasteiger charge is 2.05. The van der Waals surface area contributed by atoms with Crippen LogP contribution in [0, 0.1) is 12.7 Å². The van der Waals surface area contributed by atoms with Crippen molar-refractivity contribution < 1.29 is 13.9 Å². The highest BCUT2D eigenvalue weighted by molar-refractivity contribution is 8.13. The molecular weight excluding hydrogens is 191 g/mol. The molecule has 0 aliphatic heterocycles. The predicted molar refractivity (Wildman–Crippen MR) is 49.4 cm³/mol. The van der Waals surface area contributed by atoms with E-state index in [0.29, 0.717) is 10.5 Å². The highest BCUT2D eigenvalue weighted by atomic mass is 32.2. The lowest BCUT2D eigenvalue weighted by atomic mass is 10.2. The molecule has 70 valence electrons. The Hall–Kier alpha value is -1.03. The van der Waals surface area contributed by atoms with Gasteiger partial charge in [-0.3, -0.25) is 0 Å². The quantitative estimate of drug-likeness (QED) is 0.515. The summed E-state index contributed by atoms with van der Waals surface area (Å²) in [6, 6.07) is 4.49. The third kappa shape index (κ3) is 2.73. The summed E-state index contributed by atoms with van der Waals surface area (Å²) in [6.45, 7) is 1.65. The van der Waals surface area contributed by atoms with E-state index >= 15 is 0 Å². The minimum atomic E-state index is -0.397. The molecule has 0 N–H and O–H groups in total. The maximum absolute atomic E-state index is 12.8. The molecule has 13 heavy (non-hydrogen) atoms. The van der Waals surface area contributed by atoms with Gasteiger partial charge in [0, 0.05) is 4.90 Å². The number of benzene rings is 1. The summed E-state index contributed by atoms with van der Waals surface area (Å²) in [4.78, 5) is 11.5. The minimum Gasteiger partial charge on any atom is -0.461 e. The molecule has 0 saturated heterocycles. The molecule has 4 heteroatoms. The normalized spacial score (nSPS) is 9.77. The van der Waals surface area contributed by atoms with Crippen LogP contribution < -0.4 is 0 Å². The molecule has 1 aromatic rings. The number of rotatable bonds is 1. The molecule has 0 aliphatic rings. The SMILES string of the molecule is COC(=O)Sc1ccc(F)c(C)c1. The fourth-order valence-corrected chi connectivity index (χ4v) is 1.47. The Morgan fingerprint density at radius 1 is 1.54 bits per heavy atom. The third-order valence-corrected chi connectivity index (χ3v) is 2.32. The maximum atomic E-state index is 12.8.